The monoisotopic (exact) mass is 1820 g/mol. The summed E-state index contributed by atoms with van der Waals surface area (Å²) in [6.07, 6.45) is 24.7. The largest absolute Gasteiger partial charge is 0.504 e. The van der Waals surface area contributed by atoms with Crippen molar-refractivity contribution in [3.8, 4) is 46.0 Å². The number of rotatable bonds is 18. The van der Waals surface area contributed by atoms with Crippen LogP contribution in [0.25, 0.3) is 0 Å². The van der Waals surface area contributed by atoms with Gasteiger partial charge in [-0.2, -0.15) is 0 Å². The molecule has 16 N–H and O–H groups in total. The smallest absolute Gasteiger partial charge is 0.217 e. The number of aromatic hydroxyl groups is 3. The summed E-state index contributed by atoms with van der Waals surface area (Å²) in [4.78, 5) is 35.7. The summed E-state index contributed by atoms with van der Waals surface area (Å²) >= 11 is 0. The van der Waals surface area contributed by atoms with Crippen LogP contribution in [0.4, 0.5) is 0 Å². The number of hydrogen-bond donors (Lipinski definition) is 15. The zero-order valence-electron chi connectivity index (χ0n) is 77.7. The number of amides is 2. The lowest BCUT2D eigenvalue weighted by Crippen LogP contribution is -2.78. The molecule has 5 aromatic carbocycles. The molecule has 5 spiro atoms. The van der Waals surface area contributed by atoms with E-state index < -0.39 is 49.7 Å². The highest BCUT2D eigenvalue weighted by molar-refractivity contribution is 5.75. The molecule has 0 radical (unpaired) electrons. The number of aryl methyl sites for hydroxylation is 2. The molecule has 5 saturated heterocycles. The highest BCUT2D eigenvalue weighted by Gasteiger charge is 2.79. The van der Waals surface area contributed by atoms with Gasteiger partial charge in [-0.3, -0.25) is 34.1 Å². The number of piperidine rings is 5. The molecule has 6 saturated carbocycles. The van der Waals surface area contributed by atoms with E-state index in [1.165, 1.54) is 53.1 Å². The molecule has 11 aliphatic carbocycles. The summed E-state index contributed by atoms with van der Waals surface area (Å²) in [7, 11) is 0. The maximum Gasteiger partial charge on any atom is 0.217 e. The van der Waals surface area contributed by atoms with Gasteiger partial charge in [0, 0.05) is 136 Å². The van der Waals surface area contributed by atoms with Crippen molar-refractivity contribution in [1.82, 2.24) is 45.8 Å². The molecule has 11 fully saturated rings. The summed E-state index contributed by atoms with van der Waals surface area (Å²) in [6.45, 7) is 32.9. The predicted octanol–water partition coefficient (Wildman–Crippen LogP) is 6.33. The minimum Gasteiger partial charge on any atom is -0.504 e. The van der Waals surface area contributed by atoms with Gasteiger partial charge in [0.1, 0.15) is 42.0 Å². The molecule has 5 aromatic rings. The van der Waals surface area contributed by atoms with Crippen molar-refractivity contribution in [1.29, 1.82) is 0 Å². The third-order valence-electron chi connectivity index (χ3n) is 37.8. The summed E-state index contributed by atoms with van der Waals surface area (Å²) in [5.41, 5.74) is 13.9. The Kier molecular flexibility index (Phi) is 22.0. The number of nitrogens with two attached hydrogens (primary N) is 1. The number of nitrogens with zero attached hydrogens (tertiary/aromatic N) is 5. The predicted molar refractivity (Wildman–Crippen MR) is 501 cm³/mol. The molecule has 133 heavy (non-hydrogen) atoms. The molecule has 2 amide bonds. The molecule has 27 nitrogen and oxygen atoms in total. The van der Waals surface area contributed by atoms with E-state index in [-0.39, 0.29) is 139 Å². The molecule has 27 heteroatoms. The zero-order chi connectivity index (χ0) is 92.5. The van der Waals surface area contributed by atoms with Crippen LogP contribution in [0.15, 0.2) is 111 Å². The molecule has 0 aromatic heterocycles. The van der Waals surface area contributed by atoms with Gasteiger partial charge in [0.15, 0.2) is 34.5 Å². The van der Waals surface area contributed by atoms with E-state index in [1.807, 2.05) is 42.5 Å². The standard InChI is InChI=1S/C22H28N2O3.C22H30N2O3.C21H26N2O4.C21H28N2O4.C20H26N2O3/c1-4-10-24-11-9-21-18-15-6-5-13(2)19(18)27-20(21)16(23-14(3)25)7-8-22(21,26)17(24)12-15;1-3-10-24-11-8-21-18-15-5-4-14(2)19(18)27-20(21)16(23-9-12-25)6-7-22(21,26)17(24)13-15;1-3-9-23-10-8-20-17-13-4-5-15(25)18(17)27-19(20)14(22-12(2)24)6-7-21(20,26)16(23)11-13;1-2-9-23-10-7-20-17-13-3-4-15(25)18(17)27-19(20)14(22-8-11-24)5-6-21(20,26)16(23)12-13;21-13-5-6-20(24)15-9-12-3-4-14(23)17-16(12)19(20,18(13)25-17)7-8-22(15)10-11-1-2-11/h4-6,16-17,20,26H,1,7-12H2,2-3H3,(H,23,25);3-5,16-17,20,23,25-26H,1,6-13H2,2H3;3-5,14,16,19,25-26H,1,6-11H2,2H3,(H,22,24);2-4,14,16,19,22,24-26H,1,5-12H2;3-4,11,13,15,18,23-24H,1-2,5-10,21H2/t2*16?,17-,20+,21+,22-;2*14?,16-,19+,20+,21-;13?,15-,18+,19+,20-/m00000/s1. The van der Waals surface area contributed by atoms with Gasteiger partial charge in [-0.25, -0.2) is 0 Å². The summed E-state index contributed by atoms with van der Waals surface area (Å²) in [5.74, 6) is 4.76. The number of carbonyl (C=O) groups is 2. The highest BCUT2D eigenvalue weighted by Crippen LogP contribution is 2.72. The Balaban J connectivity index is 0.0000000969. The van der Waals surface area contributed by atoms with E-state index in [2.05, 4.69) is 110 Å². The third kappa shape index (κ3) is 12.3. The van der Waals surface area contributed by atoms with Crippen LogP contribution in [0.1, 0.15) is 190 Å². The minimum atomic E-state index is -0.945. The topological polar surface area (TPSA) is 373 Å². The summed E-state index contributed by atoms with van der Waals surface area (Å²) in [6, 6.07) is 20.1. The van der Waals surface area contributed by atoms with Crippen LogP contribution < -0.4 is 50.7 Å². The maximum atomic E-state index is 12.2. The minimum absolute atomic E-state index is 0.0170. The van der Waals surface area contributed by atoms with Crippen LogP contribution in [0.2, 0.25) is 0 Å². The fourth-order valence-corrected chi connectivity index (χ4v) is 32.6. The van der Waals surface area contributed by atoms with Gasteiger partial charge in [0.05, 0.1) is 80.4 Å². The number of carbonyl (C=O) groups excluding carboxylic acids is 2. The van der Waals surface area contributed by atoms with Crippen molar-refractivity contribution in [2.45, 2.75) is 315 Å². The van der Waals surface area contributed by atoms with Gasteiger partial charge >= 0.3 is 0 Å². The van der Waals surface area contributed by atoms with Gasteiger partial charge in [-0.1, -0.05) is 66.8 Å². The van der Waals surface area contributed by atoms with Crippen molar-refractivity contribution in [2.24, 2.45) is 11.7 Å². The Hall–Kier alpha value is -8.20. The van der Waals surface area contributed by atoms with Gasteiger partial charge in [0.2, 0.25) is 11.8 Å². The Morgan fingerprint density at radius 2 is 0.654 bits per heavy atom. The third-order valence-corrected chi connectivity index (χ3v) is 37.8. The Bertz CT molecular complexity index is 5270. The molecular formula is C106H138N10O17. The highest BCUT2D eigenvalue weighted by atomic mass is 16.5. The number of nitrogens with one attached hydrogen (secondary N) is 4. The SMILES string of the molecule is C=CCN1CC[C@@]23c4c5ccc(C)c4O[C@@H]2C(NC(C)=O)CC[C@]3(O)[C@@H]1C5.C=CCN1CC[C@@]23c4c5ccc(C)c4O[C@@H]2C(NCCO)CC[C@]3(O)[C@@H]1C5.C=CCN1CC[C@@]23c4c5ccc(O)c4O[C@@H]2C(NC(C)=O)CC[C@]3(O)[C@@H]1C5.C=CCN1CC[C@@]23c4c5ccc(O)c4O[C@@H]2C(NCCO)CC[C@]3(O)[C@@H]1C5.NC1CC[C@]2(O)[C@@H]3Cc4ccc(O)c5c4[C@]2(CCN3CC2CC2)[C@@H]1O5. The van der Waals surface area contributed by atoms with E-state index in [4.69, 9.17) is 29.4 Å². The Morgan fingerprint density at radius 1 is 0.383 bits per heavy atom. The Labute approximate surface area is 780 Å². The molecule has 21 aliphatic rings. The van der Waals surface area contributed by atoms with Crippen LogP contribution >= 0.6 is 0 Å². The summed E-state index contributed by atoms with van der Waals surface area (Å²) < 4.78 is 32.2. The van der Waals surface area contributed by atoms with Gasteiger partial charge in [-0.15, -0.1) is 26.3 Å². The first kappa shape index (κ1) is 90.0. The second-order valence-corrected chi connectivity index (χ2v) is 43.5. The van der Waals surface area contributed by atoms with Crippen molar-refractivity contribution in [3.63, 3.8) is 0 Å². The first-order valence-electron chi connectivity index (χ1n) is 49.9. The molecule has 26 rings (SSSR count). The number of hydrogen-bond acceptors (Lipinski definition) is 25. The van der Waals surface area contributed by atoms with Crippen molar-refractivity contribution >= 4 is 11.8 Å². The van der Waals surface area contributed by atoms with Crippen LogP contribution in [0.3, 0.4) is 0 Å². The zero-order valence-corrected chi connectivity index (χ0v) is 77.7. The number of likely N-dealkylation sites (tertiary alicyclic amines) is 5. The molecule has 10 heterocycles. The number of benzene rings is 5. The second-order valence-electron chi connectivity index (χ2n) is 43.5. The Morgan fingerprint density at radius 3 is 0.970 bits per heavy atom. The van der Waals surface area contributed by atoms with Crippen LogP contribution in [-0.2, 0) is 68.8 Å². The van der Waals surface area contributed by atoms with E-state index in [1.54, 1.807) is 25.1 Å². The van der Waals surface area contributed by atoms with Crippen molar-refractivity contribution < 1.29 is 84.3 Å². The van der Waals surface area contributed by atoms with Gasteiger partial charge in [-0.05, 0) is 251 Å². The van der Waals surface area contributed by atoms with E-state index in [0.29, 0.717) is 56.0 Å². The second kappa shape index (κ2) is 32.5. The molecular weight excluding hydrogens is 1690 g/mol. The van der Waals surface area contributed by atoms with Crippen molar-refractivity contribution in [3.05, 3.63) is 178 Å². The first-order valence-corrected chi connectivity index (χ1v) is 49.9. The lowest BCUT2D eigenvalue weighted by molar-refractivity contribution is -0.189. The average Bonchev–Trinajstić information content (AvgIpc) is 1.57. The van der Waals surface area contributed by atoms with Crippen LogP contribution in [0.5, 0.6) is 46.0 Å². The molecule has 25 atom stereocenters. The van der Waals surface area contributed by atoms with Crippen LogP contribution in [0, 0.1) is 19.8 Å². The summed E-state index contributed by atoms with van der Waals surface area (Å²) in [5, 5.41) is 124. The van der Waals surface area contributed by atoms with E-state index in [0.717, 1.165) is 219 Å². The normalized spacial score (nSPS) is 39.9. The van der Waals surface area contributed by atoms with E-state index >= 15 is 0 Å². The molecule has 10 bridgehead atoms. The molecule has 10 aliphatic heterocycles. The average molecular weight is 1820 g/mol. The van der Waals surface area contributed by atoms with E-state index in [9.17, 15) is 60.7 Å². The fourth-order valence-electron chi connectivity index (χ4n) is 32.6. The van der Waals surface area contributed by atoms with Crippen molar-refractivity contribution in [2.75, 3.05) is 91.8 Å². The number of aliphatic hydroxyl groups is 7. The fraction of sp³-hybridized carbons (Fsp3) is 0.623. The lowest BCUT2D eigenvalue weighted by Gasteiger charge is -2.64. The number of phenolic OH excluding ortho intramolecular Hbond substituents is 3. The molecule has 714 valence electrons. The maximum absolute atomic E-state index is 12.2. The quantitative estimate of drug-likeness (QED) is 0.0426. The van der Waals surface area contributed by atoms with Gasteiger partial charge < -0.3 is 102 Å². The molecule has 5 unspecified atom stereocenters. The number of phenols is 3. The first-order chi connectivity index (χ1) is 64.0. The van der Waals surface area contributed by atoms with Crippen LogP contribution in [-0.4, -0.2) is 298 Å². The number of ether oxygens (including phenoxy) is 5. The number of aliphatic hydroxyl groups excluding tert-OH is 2. The van der Waals surface area contributed by atoms with Gasteiger partial charge in [0.25, 0.3) is 0 Å². The lowest BCUT2D eigenvalue weighted by atomic mass is 9.48.